The van der Waals surface area contributed by atoms with Gasteiger partial charge in [0.15, 0.2) is 0 Å². The van der Waals surface area contributed by atoms with Crippen LogP contribution in [-0.4, -0.2) is 60.0 Å². The van der Waals surface area contributed by atoms with Crippen molar-refractivity contribution in [1.29, 1.82) is 0 Å². The Kier molecular flexibility index (Phi) is 9.60. The summed E-state index contributed by atoms with van der Waals surface area (Å²) in [6.07, 6.45) is 2.87. The predicted octanol–water partition coefficient (Wildman–Crippen LogP) is -1.81. The predicted molar refractivity (Wildman–Crippen MR) is 93.9 cm³/mol. The zero-order chi connectivity index (χ0) is 19.5. The molecule has 148 valence electrons. The summed E-state index contributed by atoms with van der Waals surface area (Å²) in [6, 6.07) is -2.49. The molecule has 1 rings (SSSR count). The minimum absolute atomic E-state index is 0.00870. The number of unbranched alkanes of at least 4 members (excludes halogenated alkanes) is 1. The number of primary amides is 1. The highest BCUT2D eigenvalue weighted by atomic mass is 16.4. The minimum Gasteiger partial charge on any atom is -0.480 e. The highest BCUT2D eigenvalue weighted by Gasteiger charge is 2.29. The van der Waals surface area contributed by atoms with Gasteiger partial charge >= 0.3 is 5.97 Å². The highest BCUT2D eigenvalue weighted by Crippen LogP contribution is 2.08. The first-order chi connectivity index (χ1) is 12.3. The number of aliphatic carboxylic acids is 1. The van der Waals surface area contributed by atoms with Crippen molar-refractivity contribution in [3.63, 3.8) is 0 Å². The smallest absolute Gasteiger partial charge is 0.326 e. The van der Waals surface area contributed by atoms with Crippen molar-refractivity contribution in [3.8, 4) is 0 Å². The van der Waals surface area contributed by atoms with E-state index in [-0.39, 0.29) is 25.2 Å². The van der Waals surface area contributed by atoms with E-state index in [0.717, 1.165) is 13.0 Å². The van der Waals surface area contributed by atoms with Gasteiger partial charge in [0, 0.05) is 6.42 Å². The van der Waals surface area contributed by atoms with Crippen LogP contribution in [0.3, 0.4) is 0 Å². The summed E-state index contributed by atoms with van der Waals surface area (Å²) in [5.74, 6) is -2.75. The summed E-state index contributed by atoms with van der Waals surface area (Å²) in [5, 5.41) is 17.3. The topological polar surface area (TPSA) is 177 Å². The Bertz CT molecular complexity index is 507. The van der Waals surface area contributed by atoms with Crippen LogP contribution >= 0.6 is 0 Å². The van der Waals surface area contributed by atoms with E-state index >= 15 is 0 Å². The van der Waals surface area contributed by atoms with Crippen molar-refractivity contribution in [3.05, 3.63) is 0 Å². The van der Waals surface area contributed by atoms with Crippen LogP contribution in [0.2, 0.25) is 0 Å². The summed E-state index contributed by atoms with van der Waals surface area (Å²) in [7, 11) is 0. The average Bonchev–Trinajstić information content (AvgIpc) is 3.11. The van der Waals surface area contributed by atoms with Crippen molar-refractivity contribution in [2.75, 3.05) is 13.1 Å². The number of hydrogen-bond acceptors (Lipinski definition) is 6. The lowest BCUT2D eigenvalue weighted by Crippen LogP contribution is -2.54. The molecule has 0 spiro atoms. The van der Waals surface area contributed by atoms with E-state index in [1.165, 1.54) is 0 Å². The number of nitrogens with two attached hydrogens (primary N) is 2. The molecule has 1 aliphatic heterocycles. The third-order valence-corrected chi connectivity index (χ3v) is 4.25. The Balaban J connectivity index is 2.69. The van der Waals surface area contributed by atoms with Gasteiger partial charge in [0.05, 0.1) is 6.04 Å². The molecule has 0 bridgehead atoms. The maximum absolute atomic E-state index is 12.5. The van der Waals surface area contributed by atoms with Crippen LogP contribution in [0.15, 0.2) is 0 Å². The normalized spacial score (nSPS) is 18.7. The van der Waals surface area contributed by atoms with Gasteiger partial charge in [-0.3, -0.25) is 14.4 Å². The quantitative estimate of drug-likeness (QED) is 0.219. The van der Waals surface area contributed by atoms with Gasteiger partial charge < -0.3 is 32.5 Å². The van der Waals surface area contributed by atoms with Gasteiger partial charge in [-0.2, -0.15) is 0 Å². The number of hydrogen-bond donors (Lipinski definition) is 6. The van der Waals surface area contributed by atoms with Crippen LogP contribution in [-0.2, 0) is 19.2 Å². The third-order valence-electron chi connectivity index (χ3n) is 4.25. The van der Waals surface area contributed by atoms with E-state index in [2.05, 4.69) is 16.0 Å². The third kappa shape index (κ3) is 7.79. The summed E-state index contributed by atoms with van der Waals surface area (Å²) >= 11 is 0. The molecule has 1 aliphatic rings. The molecule has 0 aromatic heterocycles. The van der Waals surface area contributed by atoms with Crippen molar-refractivity contribution in [1.82, 2.24) is 16.0 Å². The van der Waals surface area contributed by atoms with Crippen molar-refractivity contribution >= 4 is 23.7 Å². The largest absolute Gasteiger partial charge is 0.480 e. The molecule has 1 fully saturated rings. The molecule has 0 saturated carbocycles. The van der Waals surface area contributed by atoms with Gasteiger partial charge in [-0.15, -0.1) is 0 Å². The summed E-state index contributed by atoms with van der Waals surface area (Å²) in [5.41, 5.74) is 10.5. The molecule has 3 atom stereocenters. The van der Waals surface area contributed by atoms with Gasteiger partial charge in [-0.25, -0.2) is 4.79 Å². The Morgan fingerprint density at radius 1 is 1.12 bits per heavy atom. The van der Waals surface area contributed by atoms with E-state index in [4.69, 9.17) is 11.5 Å². The lowest BCUT2D eigenvalue weighted by Gasteiger charge is -2.22. The number of carboxylic acid groups (broad SMARTS) is 1. The van der Waals surface area contributed by atoms with Crippen molar-refractivity contribution < 1.29 is 24.3 Å². The van der Waals surface area contributed by atoms with Crippen LogP contribution in [0.25, 0.3) is 0 Å². The molecule has 1 saturated heterocycles. The molecule has 0 radical (unpaired) electrons. The second-order valence-electron chi connectivity index (χ2n) is 6.40. The molecular formula is C16H29N5O5. The van der Waals surface area contributed by atoms with E-state index in [1.54, 1.807) is 0 Å². The Labute approximate surface area is 152 Å². The monoisotopic (exact) mass is 371 g/mol. The van der Waals surface area contributed by atoms with Crippen LogP contribution in [0, 0.1) is 0 Å². The molecule has 0 aliphatic carbocycles. The lowest BCUT2D eigenvalue weighted by atomic mass is 10.1. The molecule has 10 nitrogen and oxygen atoms in total. The second kappa shape index (κ2) is 11.4. The van der Waals surface area contributed by atoms with Crippen molar-refractivity contribution in [2.24, 2.45) is 11.5 Å². The van der Waals surface area contributed by atoms with E-state index in [0.29, 0.717) is 25.8 Å². The van der Waals surface area contributed by atoms with Gasteiger partial charge in [-0.05, 0) is 51.6 Å². The fraction of sp³-hybridized carbons (Fsp3) is 0.750. The van der Waals surface area contributed by atoms with Crippen LogP contribution in [0.1, 0.15) is 44.9 Å². The highest BCUT2D eigenvalue weighted by molar-refractivity contribution is 5.92. The molecule has 10 heteroatoms. The fourth-order valence-corrected chi connectivity index (χ4v) is 2.76. The van der Waals surface area contributed by atoms with E-state index in [1.807, 2.05) is 0 Å². The van der Waals surface area contributed by atoms with Crippen molar-refractivity contribution in [2.45, 2.75) is 63.1 Å². The molecule has 0 aromatic carbocycles. The SMILES string of the molecule is NCCCC[C@H](NC(=O)[C@H](CCC(N)=O)NC(=O)[C@@H]1CCCN1)C(=O)O. The Morgan fingerprint density at radius 3 is 2.38 bits per heavy atom. The second-order valence-corrected chi connectivity index (χ2v) is 6.40. The minimum atomic E-state index is -1.16. The summed E-state index contributed by atoms with van der Waals surface area (Å²) < 4.78 is 0. The maximum Gasteiger partial charge on any atom is 0.326 e. The first-order valence-electron chi connectivity index (χ1n) is 8.90. The van der Waals surface area contributed by atoms with Crippen LogP contribution in [0.4, 0.5) is 0 Å². The van der Waals surface area contributed by atoms with Gasteiger partial charge in [0.1, 0.15) is 12.1 Å². The average molecular weight is 371 g/mol. The number of nitrogens with one attached hydrogen (secondary N) is 3. The molecule has 1 heterocycles. The zero-order valence-corrected chi connectivity index (χ0v) is 14.8. The molecular weight excluding hydrogens is 342 g/mol. The first kappa shape index (κ1) is 21.8. The number of carbonyl (C=O) groups is 4. The van der Waals surface area contributed by atoms with Gasteiger partial charge in [0.25, 0.3) is 0 Å². The van der Waals surface area contributed by atoms with E-state index in [9.17, 15) is 24.3 Å². The molecule has 0 aromatic rings. The van der Waals surface area contributed by atoms with Crippen LogP contribution in [0.5, 0.6) is 0 Å². The lowest BCUT2D eigenvalue weighted by molar-refractivity contribution is -0.142. The number of rotatable bonds is 12. The summed E-state index contributed by atoms with van der Waals surface area (Å²) in [6.45, 7) is 1.16. The number of carboxylic acids is 1. The van der Waals surface area contributed by atoms with Crippen LogP contribution < -0.4 is 27.4 Å². The van der Waals surface area contributed by atoms with Gasteiger partial charge in [0.2, 0.25) is 17.7 Å². The summed E-state index contributed by atoms with van der Waals surface area (Å²) in [4.78, 5) is 47.1. The Hall–Kier alpha value is -2.20. The standard InChI is InChI=1S/C16H29N5O5/c17-8-2-1-4-12(16(25)26)21-15(24)11(6-7-13(18)22)20-14(23)10-5-3-9-19-10/h10-12,19H,1-9,17H2,(H2,18,22)(H,20,23)(H,21,24)(H,25,26)/t10-,11-,12-/m0/s1. The van der Waals surface area contributed by atoms with Gasteiger partial charge in [-0.1, -0.05) is 0 Å². The molecule has 3 amide bonds. The van der Waals surface area contributed by atoms with E-state index < -0.39 is 35.9 Å². The fourth-order valence-electron chi connectivity index (χ4n) is 2.76. The number of amides is 3. The molecule has 26 heavy (non-hydrogen) atoms. The first-order valence-corrected chi connectivity index (χ1v) is 8.90. The number of carbonyl (C=O) groups excluding carboxylic acids is 3. The molecule has 0 unspecified atom stereocenters. The zero-order valence-electron chi connectivity index (χ0n) is 14.8. The Morgan fingerprint density at radius 2 is 1.85 bits per heavy atom. The maximum atomic E-state index is 12.5. The molecule has 8 N–H and O–H groups in total.